The number of hydrogen-bond donors (Lipinski definition) is 3. The normalized spacial score (nSPS) is 19.6. The SMILES string of the molecule is COc1ccc2[nH]c3c(c2c1)CCNC31CCN(CCOc2ccc(Cl)cc2)C1.O=C(O)C(F)(F)F. The number of aliphatic carboxylic acids is 1. The first-order valence-corrected chi connectivity index (χ1v) is 11.8. The molecule has 0 aliphatic carbocycles. The average molecular weight is 526 g/mol. The van der Waals surface area contributed by atoms with Crippen molar-refractivity contribution in [1.29, 1.82) is 0 Å². The van der Waals surface area contributed by atoms with Gasteiger partial charge in [0, 0.05) is 47.8 Å². The van der Waals surface area contributed by atoms with Crippen LogP contribution in [0.3, 0.4) is 0 Å². The second-order valence-corrected chi connectivity index (χ2v) is 9.22. The van der Waals surface area contributed by atoms with Gasteiger partial charge in [0.25, 0.3) is 0 Å². The number of halogens is 4. The van der Waals surface area contributed by atoms with Gasteiger partial charge in [-0.05, 0) is 60.9 Å². The number of rotatable bonds is 5. The molecule has 3 heterocycles. The minimum Gasteiger partial charge on any atom is -0.497 e. The van der Waals surface area contributed by atoms with Gasteiger partial charge in [-0.15, -0.1) is 0 Å². The van der Waals surface area contributed by atoms with Gasteiger partial charge in [0.05, 0.1) is 12.6 Å². The summed E-state index contributed by atoms with van der Waals surface area (Å²) in [5.41, 5.74) is 3.99. The standard InChI is InChI=1S/C23H26ClN3O2.C2HF3O2/c1-28-18-6-7-21-20(14-18)19-8-10-25-23(22(19)26-21)9-11-27(15-23)12-13-29-17-4-2-16(24)3-5-17;3-2(4,5)1(6)7/h2-7,14,25-26H,8-13,15H2,1H3;(H,6,7). The van der Waals surface area contributed by atoms with E-state index in [1.165, 1.54) is 22.2 Å². The molecule has 1 spiro atoms. The largest absolute Gasteiger partial charge is 0.497 e. The molecular formula is C25H27ClF3N3O4. The molecule has 5 rings (SSSR count). The number of hydrogen-bond acceptors (Lipinski definition) is 5. The summed E-state index contributed by atoms with van der Waals surface area (Å²) >= 11 is 5.94. The summed E-state index contributed by atoms with van der Waals surface area (Å²) < 4.78 is 43.1. The Balaban J connectivity index is 0.000000384. The molecule has 194 valence electrons. The third kappa shape index (κ3) is 5.71. The third-order valence-corrected chi connectivity index (χ3v) is 6.76. The molecular weight excluding hydrogens is 499 g/mol. The fourth-order valence-electron chi connectivity index (χ4n) is 4.79. The van der Waals surface area contributed by atoms with Crippen LogP contribution in [0, 0.1) is 0 Å². The number of likely N-dealkylation sites (tertiary alicyclic amines) is 1. The average Bonchev–Trinajstić information content (AvgIpc) is 3.42. The highest BCUT2D eigenvalue weighted by Crippen LogP contribution is 2.40. The van der Waals surface area contributed by atoms with Crippen molar-refractivity contribution in [2.24, 2.45) is 0 Å². The van der Waals surface area contributed by atoms with E-state index in [1.54, 1.807) is 7.11 Å². The Morgan fingerprint density at radius 3 is 2.56 bits per heavy atom. The van der Waals surface area contributed by atoms with Crippen molar-refractivity contribution in [3.8, 4) is 11.5 Å². The smallest absolute Gasteiger partial charge is 0.490 e. The van der Waals surface area contributed by atoms with Crippen molar-refractivity contribution < 1.29 is 32.5 Å². The van der Waals surface area contributed by atoms with E-state index in [0.29, 0.717) is 6.61 Å². The maximum atomic E-state index is 10.6. The number of nitrogens with zero attached hydrogens (tertiary/aromatic N) is 1. The van der Waals surface area contributed by atoms with Crippen molar-refractivity contribution in [3.05, 3.63) is 58.7 Å². The number of methoxy groups -OCH3 is 1. The first-order chi connectivity index (χ1) is 17.1. The molecule has 2 aliphatic rings. The zero-order valence-corrected chi connectivity index (χ0v) is 20.4. The Kier molecular flexibility index (Phi) is 7.67. The van der Waals surface area contributed by atoms with Gasteiger partial charge >= 0.3 is 12.1 Å². The summed E-state index contributed by atoms with van der Waals surface area (Å²) in [6, 6.07) is 13.9. The van der Waals surface area contributed by atoms with E-state index in [0.717, 1.165) is 55.5 Å². The molecule has 1 aromatic heterocycles. The molecule has 0 bridgehead atoms. The molecule has 1 fully saturated rings. The summed E-state index contributed by atoms with van der Waals surface area (Å²) in [6.07, 6.45) is -2.94. The molecule has 36 heavy (non-hydrogen) atoms. The van der Waals surface area contributed by atoms with Crippen LogP contribution in [0.4, 0.5) is 13.2 Å². The molecule has 7 nitrogen and oxygen atoms in total. The van der Waals surface area contributed by atoms with Crippen molar-refractivity contribution in [2.45, 2.75) is 24.6 Å². The fraction of sp³-hybridized carbons (Fsp3) is 0.400. The number of carbonyl (C=O) groups is 1. The van der Waals surface area contributed by atoms with Crippen LogP contribution in [-0.2, 0) is 16.8 Å². The molecule has 1 unspecified atom stereocenters. The van der Waals surface area contributed by atoms with E-state index in [4.69, 9.17) is 31.0 Å². The molecule has 2 aromatic carbocycles. The Morgan fingerprint density at radius 1 is 1.19 bits per heavy atom. The summed E-state index contributed by atoms with van der Waals surface area (Å²) in [5.74, 6) is -0.974. The van der Waals surface area contributed by atoms with Gasteiger partial charge in [-0.2, -0.15) is 13.2 Å². The number of carboxylic acid groups (broad SMARTS) is 1. The predicted molar refractivity (Wildman–Crippen MR) is 130 cm³/mol. The molecule has 2 aliphatic heterocycles. The number of H-pyrrole nitrogens is 1. The van der Waals surface area contributed by atoms with Crippen molar-refractivity contribution in [3.63, 3.8) is 0 Å². The molecule has 3 N–H and O–H groups in total. The maximum Gasteiger partial charge on any atom is 0.490 e. The van der Waals surface area contributed by atoms with Crippen LogP contribution >= 0.6 is 11.6 Å². The summed E-state index contributed by atoms with van der Waals surface area (Å²) in [6.45, 7) is 4.65. The van der Waals surface area contributed by atoms with Gasteiger partial charge in [0.15, 0.2) is 0 Å². The van der Waals surface area contributed by atoms with Crippen LogP contribution in [0.2, 0.25) is 5.02 Å². The molecule has 11 heteroatoms. The number of aromatic nitrogens is 1. The molecule has 3 aromatic rings. The van der Waals surface area contributed by atoms with E-state index in [1.807, 2.05) is 30.3 Å². The molecule has 0 amide bonds. The molecule has 0 saturated carbocycles. The van der Waals surface area contributed by atoms with Gasteiger partial charge in [0.2, 0.25) is 0 Å². The van der Waals surface area contributed by atoms with Crippen LogP contribution in [0.25, 0.3) is 10.9 Å². The zero-order chi connectivity index (χ0) is 25.9. The van der Waals surface area contributed by atoms with Gasteiger partial charge in [-0.25, -0.2) is 4.79 Å². The van der Waals surface area contributed by atoms with Crippen LogP contribution in [0.1, 0.15) is 17.7 Å². The van der Waals surface area contributed by atoms with Gasteiger partial charge < -0.3 is 24.9 Å². The van der Waals surface area contributed by atoms with E-state index in [-0.39, 0.29) is 5.54 Å². The molecule has 1 saturated heterocycles. The number of ether oxygens (including phenoxy) is 2. The predicted octanol–water partition coefficient (Wildman–Crippen LogP) is 4.59. The van der Waals surface area contributed by atoms with E-state index < -0.39 is 12.1 Å². The minimum absolute atomic E-state index is 0.000110. The lowest BCUT2D eigenvalue weighted by Crippen LogP contribution is -2.49. The number of nitrogens with one attached hydrogen (secondary N) is 2. The highest BCUT2D eigenvalue weighted by Gasteiger charge is 2.44. The van der Waals surface area contributed by atoms with Gasteiger partial charge in [-0.3, -0.25) is 4.90 Å². The number of alkyl halides is 3. The van der Waals surface area contributed by atoms with Crippen LogP contribution in [-0.4, -0.2) is 67.0 Å². The van der Waals surface area contributed by atoms with Gasteiger partial charge in [0.1, 0.15) is 18.1 Å². The van der Waals surface area contributed by atoms with Crippen molar-refractivity contribution >= 4 is 28.5 Å². The maximum absolute atomic E-state index is 10.6. The van der Waals surface area contributed by atoms with Crippen LogP contribution in [0.15, 0.2) is 42.5 Å². The second-order valence-electron chi connectivity index (χ2n) is 8.78. The van der Waals surface area contributed by atoms with E-state index in [2.05, 4.69) is 27.3 Å². The first-order valence-electron chi connectivity index (χ1n) is 11.5. The Morgan fingerprint density at radius 2 is 1.89 bits per heavy atom. The summed E-state index contributed by atoms with van der Waals surface area (Å²) in [4.78, 5) is 15.1. The third-order valence-electron chi connectivity index (χ3n) is 6.51. The lowest BCUT2D eigenvalue weighted by atomic mass is 9.86. The van der Waals surface area contributed by atoms with E-state index >= 15 is 0 Å². The minimum atomic E-state index is -5.08. The Hall–Kier alpha value is -2.95. The lowest BCUT2D eigenvalue weighted by molar-refractivity contribution is -0.192. The fourth-order valence-corrected chi connectivity index (χ4v) is 4.91. The number of fused-ring (bicyclic) bond motifs is 4. The van der Waals surface area contributed by atoms with Crippen molar-refractivity contribution in [1.82, 2.24) is 15.2 Å². The highest BCUT2D eigenvalue weighted by atomic mass is 35.5. The molecule has 0 radical (unpaired) electrons. The first kappa shape index (κ1) is 26.1. The molecule has 1 atom stereocenters. The Labute approximate surface area is 211 Å². The van der Waals surface area contributed by atoms with Crippen LogP contribution in [0.5, 0.6) is 11.5 Å². The Bertz CT molecular complexity index is 1220. The number of carboxylic acids is 1. The topological polar surface area (TPSA) is 86.8 Å². The summed E-state index contributed by atoms with van der Waals surface area (Å²) in [7, 11) is 1.73. The zero-order valence-electron chi connectivity index (χ0n) is 19.6. The second kappa shape index (κ2) is 10.6. The van der Waals surface area contributed by atoms with Crippen LogP contribution < -0.4 is 14.8 Å². The lowest BCUT2D eigenvalue weighted by Gasteiger charge is -2.35. The quantitative estimate of drug-likeness (QED) is 0.452. The number of aromatic amines is 1. The monoisotopic (exact) mass is 525 g/mol. The number of benzene rings is 2. The summed E-state index contributed by atoms with van der Waals surface area (Å²) in [5, 5.41) is 13.0. The van der Waals surface area contributed by atoms with Crippen molar-refractivity contribution in [2.75, 3.05) is 39.9 Å². The van der Waals surface area contributed by atoms with Gasteiger partial charge in [-0.1, -0.05) is 11.6 Å². The highest BCUT2D eigenvalue weighted by molar-refractivity contribution is 6.30. The van der Waals surface area contributed by atoms with E-state index in [9.17, 15) is 13.2 Å².